The quantitative estimate of drug-likeness (QED) is 0.865. The number of aromatic nitrogens is 2. The number of ether oxygens (including phenoxy) is 1. The molecule has 0 unspecified atom stereocenters. The number of carbonyl (C=O) groups excluding carboxylic acids is 1. The fourth-order valence-corrected chi connectivity index (χ4v) is 2.99. The van der Waals surface area contributed by atoms with E-state index in [2.05, 4.69) is 20.6 Å². The number of amides is 2. The van der Waals surface area contributed by atoms with Crippen LogP contribution in [0.5, 0.6) is 6.01 Å². The summed E-state index contributed by atoms with van der Waals surface area (Å²) >= 11 is 5.76. The Hall–Kier alpha value is -2.34. The van der Waals surface area contributed by atoms with Crippen molar-refractivity contribution < 1.29 is 9.53 Å². The van der Waals surface area contributed by atoms with Crippen LogP contribution in [0.15, 0.2) is 36.7 Å². The van der Waals surface area contributed by atoms with Crippen LogP contribution < -0.4 is 15.4 Å². The molecule has 2 N–H and O–H groups in total. The van der Waals surface area contributed by atoms with Gasteiger partial charge in [-0.3, -0.25) is 0 Å². The van der Waals surface area contributed by atoms with Crippen molar-refractivity contribution in [3.63, 3.8) is 0 Å². The van der Waals surface area contributed by atoms with Gasteiger partial charge >= 0.3 is 12.0 Å². The van der Waals surface area contributed by atoms with Crippen molar-refractivity contribution in [3.05, 3.63) is 47.2 Å². The highest BCUT2D eigenvalue weighted by Gasteiger charge is 2.24. The predicted octanol–water partition coefficient (Wildman–Crippen LogP) is 3.95. The summed E-state index contributed by atoms with van der Waals surface area (Å²) in [5.74, 6) is 0. The zero-order valence-corrected chi connectivity index (χ0v) is 14.8. The highest BCUT2D eigenvalue weighted by atomic mass is 35.5. The maximum atomic E-state index is 12.2. The van der Waals surface area contributed by atoms with Crippen molar-refractivity contribution in [1.82, 2.24) is 15.3 Å². The van der Waals surface area contributed by atoms with Gasteiger partial charge < -0.3 is 15.4 Å². The van der Waals surface area contributed by atoms with Gasteiger partial charge in [0.1, 0.15) is 6.10 Å². The Morgan fingerprint density at radius 2 is 1.84 bits per heavy atom. The molecule has 25 heavy (non-hydrogen) atoms. The monoisotopic (exact) mass is 360 g/mol. The maximum absolute atomic E-state index is 12.2. The van der Waals surface area contributed by atoms with E-state index in [1.807, 2.05) is 31.2 Å². The highest BCUT2D eigenvalue weighted by Crippen LogP contribution is 2.22. The third kappa shape index (κ3) is 5.06. The Morgan fingerprint density at radius 1 is 1.16 bits per heavy atom. The normalized spacial score (nSPS) is 19.9. The van der Waals surface area contributed by atoms with Crippen LogP contribution >= 0.6 is 11.6 Å². The van der Waals surface area contributed by atoms with Crippen molar-refractivity contribution in [2.75, 3.05) is 5.32 Å². The molecule has 0 spiro atoms. The number of hydrogen-bond acceptors (Lipinski definition) is 4. The van der Waals surface area contributed by atoms with Gasteiger partial charge in [-0.1, -0.05) is 29.8 Å². The average molecular weight is 361 g/mol. The van der Waals surface area contributed by atoms with Gasteiger partial charge in [-0.25, -0.2) is 14.8 Å². The molecular weight excluding hydrogens is 340 g/mol. The highest BCUT2D eigenvalue weighted by molar-refractivity contribution is 6.30. The number of nitrogens with one attached hydrogen (secondary N) is 2. The summed E-state index contributed by atoms with van der Waals surface area (Å²) in [7, 11) is 0. The molecule has 2 aromatic rings. The lowest BCUT2D eigenvalue weighted by Gasteiger charge is -2.28. The maximum Gasteiger partial charge on any atom is 0.319 e. The molecule has 0 radical (unpaired) electrons. The Labute approximate surface area is 152 Å². The van der Waals surface area contributed by atoms with Crippen LogP contribution in [0.25, 0.3) is 0 Å². The topological polar surface area (TPSA) is 76.1 Å². The van der Waals surface area contributed by atoms with Gasteiger partial charge in [0, 0.05) is 11.7 Å². The molecule has 1 saturated carbocycles. The summed E-state index contributed by atoms with van der Waals surface area (Å²) in [5.41, 5.74) is 1.87. The van der Waals surface area contributed by atoms with E-state index in [1.165, 1.54) is 12.4 Å². The fourth-order valence-electron chi connectivity index (χ4n) is 2.89. The molecule has 0 saturated heterocycles. The fraction of sp³-hybridized carbons (Fsp3) is 0.389. The minimum atomic E-state index is -0.167. The number of benzene rings is 1. The number of rotatable bonds is 4. The van der Waals surface area contributed by atoms with Gasteiger partial charge in [0.15, 0.2) is 0 Å². The van der Waals surface area contributed by atoms with Crippen molar-refractivity contribution in [2.24, 2.45) is 0 Å². The van der Waals surface area contributed by atoms with Crippen LogP contribution in [0.1, 0.15) is 31.2 Å². The Kier molecular flexibility index (Phi) is 5.71. The van der Waals surface area contributed by atoms with Crippen molar-refractivity contribution in [3.8, 4) is 6.01 Å². The first-order valence-corrected chi connectivity index (χ1v) is 8.75. The number of para-hydroxylation sites is 1. The SMILES string of the molecule is Cc1ccccc1NC(=O)NC1CCC(Oc2ncc(Cl)cn2)CC1. The van der Waals surface area contributed by atoms with Gasteiger partial charge in [0.2, 0.25) is 0 Å². The summed E-state index contributed by atoms with van der Waals surface area (Å²) in [4.78, 5) is 20.3. The number of halogens is 1. The molecule has 1 aromatic carbocycles. The van der Waals surface area contributed by atoms with E-state index in [1.54, 1.807) is 0 Å². The van der Waals surface area contributed by atoms with Crippen molar-refractivity contribution >= 4 is 23.3 Å². The zero-order chi connectivity index (χ0) is 17.6. The number of nitrogens with zero attached hydrogens (tertiary/aromatic N) is 2. The molecule has 1 aromatic heterocycles. The second-order valence-electron chi connectivity index (χ2n) is 6.19. The minimum Gasteiger partial charge on any atom is -0.460 e. The smallest absolute Gasteiger partial charge is 0.319 e. The van der Waals surface area contributed by atoms with Crippen LogP contribution in [-0.4, -0.2) is 28.1 Å². The summed E-state index contributed by atoms with van der Waals surface area (Å²) in [6.45, 7) is 1.97. The van der Waals surface area contributed by atoms with Gasteiger partial charge in [-0.05, 0) is 44.2 Å². The molecule has 2 amide bonds. The molecule has 0 aliphatic heterocycles. The lowest BCUT2D eigenvalue weighted by molar-refractivity contribution is 0.129. The average Bonchev–Trinajstić information content (AvgIpc) is 2.61. The van der Waals surface area contributed by atoms with E-state index >= 15 is 0 Å². The minimum absolute atomic E-state index is 0.0682. The lowest BCUT2D eigenvalue weighted by atomic mass is 9.93. The molecule has 132 valence electrons. The van der Waals surface area contributed by atoms with E-state index in [9.17, 15) is 4.79 Å². The summed E-state index contributed by atoms with van der Waals surface area (Å²) in [6, 6.07) is 8.05. The number of urea groups is 1. The van der Waals surface area contributed by atoms with Crippen LogP contribution in [0.2, 0.25) is 5.02 Å². The van der Waals surface area contributed by atoms with Crippen LogP contribution in [0.3, 0.4) is 0 Å². The summed E-state index contributed by atoms with van der Waals surface area (Å²) in [5, 5.41) is 6.42. The second kappa shape index (κ2) is 8.16. The predicted molar refractivity (Wildman–Crippen MR) is 97.0 cm³/mol. The molecule has 1 aliphatic carbocycles. The number of aryl methyl sites for hydroxylation is 1. The number of hydrogen-bond donors (Lipinski definition) is 2. The molecule has 1 fully saturated rings. The standard InChI is InChI=1S/C18H21ClN4O2/c1-12-4-2-3-5-16(12)23-17(24)22-14-6-8-15(9-7-14)25-18-20-10-13(19)11-21-18/h2-5,10-11,14-15H,6-9H2,1H3,(H2,22,23,24). The van der Waals surface area contributed by atoms with E-state index < -0.39 is 0 Å². The zero-order valence-electron chi connectivity index (χ0n) is 14.0. The third-order valence-electron chi connectivity index (χ3n) is 4.27. The van der Waals surface area contributed by atoms with Gasteiger partial charge in [-0.2, -0.15) is 0 Å². The van der Waals surface area contributed by atoms with Crippen molar-refractivity contribution in [1.29, 1.82) is 0 Å². The van der Waals surface area contributed by atoms with E-state index in [0.29, 0.717) is 11.0 Å². The summed E-state index contributed by atoms with van der Waals surface area (Å²) < 4.78 is 5.77. The van der Waals surface area contributed by atoms with Gasteiger partial charge in [-0.15, -0.1) is 0 Å². The Balaban J connectivity index is 1.43. The Bertz CT molecular complexity index is 715. The van der Waals surface area contributed by atoms with E-state index in [4.69, 9.17) is 16.3 Å². The second-order valence-corrected chi connectivity index (χ2v) is 6.63. The molecule has 0 bridgehead atoms. The van der Waals surface area contributed by atoms with Crippen molar-refractivity contribution in [2.45, 2.75) is 44.8 Å². The lowest BCUT2D eigenvalue weighted by Crippen LogP contribution is -2.41. The van der Waals surface area contributed by atoms with Crippen LogP contribution in [0, 0.1) is 6.92 Å². The molecule has 1 heterocycles. The molecule has 3 rings (SSSR count). The number of anilines is 1. The van der Waals surface area contributed by atoms with Crippen LogP contribution in [-0.2, 0) is 0 Å². The Morgan fingerprint density at radius 3 is 2.52 bits per heavy atom. The molecule has 6 nitrogen and oxygen atoms in total. The molecule has 0 atom stereocenters. The molecule has 7 heteroatoms. The first-order valence-electron chi connectivity index (χ1n) is 8.37. The third-order valence-corrected chi connectivity index (χ3v) is 4.47. The number of carbonyl (C=O) groups is 1. The van der Waals surface area contributed by atoms with Gasteiger partial charge in [0.05, 0.1) is 17.4 Å². The first-order chi connectivity index (χ1) is 12.1. The van der Waals surface area contributed by atoms with E-state index in [-0.39, 0.29) is 18.2 Å². The molecular formula is C18H21ClN4O2. The van der Waals surface area contributed by atoms with Crippen LogP contribution in [0.4, 0.5) is 10.5 Å². The summed E-state index contributed by atoms with van der Waals surface area (Å²) in [6.07, 6.45) is 6.53. The van der Waals surface area contributed by atoms with Gasteiger partial charge in [0.25, 0.3) is 0 Å². The largest absolute Gasteiger partial charge is 0.460 e. The molecule has 1 aliphatic rings. The van der Waals surface area contributed by atoms with E-state index in [0.717, 1.165) is 36.9 Å². The first kappa shape index (κ1) is 17.5.